The van der Waals surface area contributed by atoms with E-state index >= 15 is 0 Å². The molecule has 11 nitrogen and oxygen atoms in total. The van der Waals surface area contributed by atoms with Crippen LogP contribution in [0, 0.1) is 5.92 Å². The summed E-state index contributed by atoms with van der Waals surface area (Å²) in [5, 5.41) is 16.6. The number of nitrogens with zero attached hydrogens (tertiary/aromatic N) is 1. The number of imidazole rings is 1. The Bertz CT molecular complexity index is 712. The van der Waals surface area contributed by atoms with E-state index in [2.05, 4.69) is 25.9 Å². The summed E-state index contributed by atoms with van der Waals surface area (Å²) in [6.45, 7) is 3.15. The molecule has 3 unspecified atom stereocenters. The predicted molar refractivity (Wildman–Crippen MR) is 113 cm³/mol. The highest BCUT2D eigenvalue weighted by molar-refractivity contribution is 7.98. The summed E-state index contributed by atoms with van der Waals surface area (Å²) in [5.41, 5.74) is 6.45. The van der Waals surface area contributed by atoms with Gasteiger partial charge in [0.1, 0.15) is 12.1 Å². The first kappa shape index (κ1) is 25.4. The number of amides is 3. The minimum Gasteiger partial charge on any atom is -0.480 e. The van der Waals surface area contributed by atoms with Gasteiger partial charge >= 0.3 is 5.97 Å². The van der Waals surface area contributed by atoms with Crippen molar-refractivity contribution < 1.29 is 24.3 Å². The smallest absolute Gasteiger partial charge is 0.326 e. The Kier molecular flexibility index (Phi) is 10.9. The average molecular weight is 443 g/mol. The Hall–Kier alpha value is -2.60. The van der Waals surface area contributed by atoms with Crippen molar-refractivity contribution in [2.24, 2.45) is 11.7 Å². The lowest BCUT2D eigenvalue weighted by Gasteiger charge is -2.22. The molecule has 0 radical (unpaired) electrons. The van der Waals surface area contributed by atoms with Crippen LogP contribution in [0.15, 0.2) is 12.5 Å². The quantitative estimate of drug-likeness (QED) is 0.222. The van der Waals surface area contributed by atoms with Gasteiger partial charge in [-0.2, -0.15) is 11.8 Å². The number of aromatic nitrogens is 2. The van der Waals surface area contributed by atoms with E-state index in [1.54, 1.807) is 13.8 Å². The fraction of sp³-hybridized carbons (Fsp3) is 0.611. The molecule has 30 heavy (non-hydrogen) atoms. The van der Waals surface area contributed by atoms with Crippen molar-refractivity contribution in [1.29, 1.82) is 0 Å². The first-order valence-electron chi connectivity index (χ1n) is 9.47. The van der Waals surface area contributed by atoms with Gasteiger partial charge in [-0.3, -0.25) is 14.4 Å². The molecular formula is C18H30N6O5S. The molecular weight excluding hydrogens is 412 g/mol. The molecule has 3 amide bonds. The predicted octanol–water partition coefficient (Wildman–Crippen LogP) is -1.14. The van der Waals surface area contributed by atoms with E-state index in [0.717, 1.165) is 0 Å². The van der Waals surface area contributed by atoms with E-state index < -0.39 is 48.4 Å². The van der Waals surface area contributed by atoms with Crippen molar-refractivity contribution in [2.75, 3.05) is 18.6 Å². The topological polar surface area (TPSA) is 179 Å². The summed E-state index contributed by atoms with van der Waals surface area (Å²) in [6, 6.07) is -2.81. The molecule has 12 heteroatoms. The van der Waals surface area contributed by atoms with Gasteiger partial charge in [0.25, 0.3) is 0 Å². The average Bonchev–Trinajstić information content (AvgIpc) is 3.20. The van der Waals surface area contributed by atoms with Crippen LogP contribution in [0.3, 0.4) is 0 Å². The van der Waals surface area contributed by atoms with Gasteiger partial charge in [-0.15, -0.1) is 0 Å². The number of nitrogens with two attached hydrogens (primary N) is 1. The van der Waals surface area contributed by atoms with Crippen LogP contribution < -0.4 is 21.7 Å². The molecule has 1 aromatic rings. The lowest BCUT2D eigenvalue weighted by atomic mass is 10.0. The zero-order chi connectivity index (χ0) is 22.7. The van der Waals surface area contributed by atoms with E-state index in [9.17, 15) is 24.3 Å². The highest BCUT2D eigenvalue weighted by atomic mass is 32.2. The SMILES string of the molecule is CSCCC(NC(=O)CNC(=O)C(Cc1cnc[nH]1)NC(=O)C(N)C(C)C)C(=O)O. The Morgan fingerprint density at radius 3 is 2.43 bits per heavy atom. The molecule has 168 valence electrons. The van der Waals surface area contributed by atoms with Gasteiger partial charge in [-0.1, -0.05) is 13.8 Å². The minimum absolute atomic E-state index is 0.121. The van der Waals surface area contributed by atoms with Gasteiger partial charge in [0, 0.05) is 18.3 Å². The van der Waals surface area contributed by atoms with E-state index in [4.69, 9.17) is 5.73 Å². The Morgan fingerprint density at radius 1 is 1.20 bits per heavy atom. The molecule has 0 aliphatic heterocycles. The van der Waals surface area contributed by atoms with E-state index in [1.165, 1.54) is 24.3 Å². The number of carbonyl (C=O) groups excluding carboxylic acids is 3. The number of thioether (sulfide) groups is 1. The normalized spacial score (nSPS) is 13.9. The molecule has 0 spiro atoms. The number of carboxylic acids is 1. The number of hydrogen-bond donors (Lipinski definition) is 6. The largest absolute Gasteiger partial charge is 0.480 e. The fourth-order valence-electron chi connectivity index (χ4n) is 2.43. The second kappa shape index (κ2) is 12.9. The van der Waals surface area contributed by atoms with Gasteiger partial charge in [0.15, 0.2) is 0 Å². The number of carbonyl (C=O) groups is 4. The minimum atomic E-state index is -1.14. The number of rotatable bonds is 13. The third-order valence-electron chi connectivity index (χ3n) is 4.30. The van der Waals surface area contributed by atoms with Crippen LogP contribution in [0.2, 0.25) is 0 Å². The van der Waals surface area contributed by atoms with Gasteiger partial charge in [-0.25, -0.2) is 9.78 Å². The lowest BCUT2D eigenvalue weighted by Crippen LogP contribution is -2.55. The number of nitrogens with one attached hydrogen (secondary N) is 4. The number of aromatic amines is 1. The van der Waals surface area contributed by atoms with Crippen LogP contribution in [0.4, 0.5) is 0 Å². The third-order valence-corrected chi connectivity index (χ3v) is 4.94. The summed E-state index contributed by atoms with van der Waals surface area (Å²) in [7, 11) is 0. The van der Waals surface area contributed by atoms with Gasteiger partial charge in [-0.05, 0) is 24.3 Å². The molecule has 0 saturated carbocycles. The zero-order valence-electron chi connectivity index (χ0n) is 17.3. The van der Waals surface area contributed by atoms with Crippen LogP contribution in [0.5, 0.6) is 0 Å². The Morgan fingerprint density at radius 2 is 1.90 bits per heavy atom. The van der Waals surface area contributed by atoms with Crippen molar-refractivity contribution >= 4 is 35.5 Å². The second-order valence-corrected chi connectivity index (χ2v) is 8.06. The van der Waals surface area contributed by atoms with Crippen LogP contribution in [-0.2, 0) is 25.6 Å². The number of aliphatic carboxylic acids is 1. The van der Waals surface area contributed by atoms with E-state index in [-0.39, 0.29) is 18.8 Å². The maximum atomic E-state index is 12.6. The highest BCUT2D eigenvalue weighted by Crippen LogP contribution is 2.03. The standard InChI is InChI=1S/C18H30N6O5S/c1-10(2)15(19)17(27)24-13(6-11-7-20-9-22-11)16(26)21-8-14(25)23-12(18(28)29)4-5-30-3/h7,9-10,12-13,15H,4-6,8,19H2,1-3H3,(H,20,22)(H,21,26)(H,23,25)(H,24,27)(H,28,29). The van der Waals surface area contributed by atoms with Crippen LogP contribution in [0.25, 0.3) is 0 Å². The van der Waals surface area contributed by atoms with Crippen LogP contribution in [-0.4, -0.2) is 75.4 Å². The molecule has 0 aliphatic carbocycles. The van der Waals surface area contributed by atoms with Crippen molar-refractivity contribution in [2.45, 2.75) is 44.8 Å². The summed E-state index contributed by atoms with van der Waals surface area (Å²) in [4.78, 5) is 54.9. The maximum Gasteiger partial charge on any atom is 0.326 e. The van der Waals surface area contributed by atoms with Crippen molar-refractivity contribution in [3.63, 3.8) is 0 Å². The second-order valence-electron chi connectivity index (χ2n) is 7.07. The summed E-state index contributed by atoms with van der Waals surface area (Å²) >= 11 is 1.47. The molecule has 1 heterocycles. The third kappa shape index (κ3) is 8.82. The van der Waals surface area contributed by atoms with Crippen molar-refractivity contribution in [1.82, 2.24) is 25.9 Å². The molecule has 0 aliphatic rings. The van der Waals surface area contributed by atoms with Gasteiger partial charge < -0.3 is 31.8 Å². The zero-order valence-corrected chi connectivity index (χ0v) is 18.1. The van der Waals surface area contributed by atoms with Crippen LogP contribution in [0.1, 0.15) is 26.0 Å². The van der Waals surface area contributed by atoms with E-state index in [0.29, 0.717) is 11.4 Å². The Labute approximate surface area is 179 Å². The maximum absolute atomic E-state index is 12.6. The van der Waals surface area contributed by atoms with Crippen LogP contribution >= 0.6 is 11.8 Å². The molecule has 1 aromatic heterocycles. The van der Waals surface area contributed by atoms with Crippen molar-refractivity contribution in [3.8, 4) is 0 Å². The molecule has 0 bridgehead atoms. The first-order chi connectivity index (χ1) is 14.1. The lowest BCUT2D eigenvalue weighted by molar-refractivity contribution is -0.141. The summed E-state index contributed by atoms with van der Waals surface area (Å²) < 4.78 is 0. The summed E-state index contributed by atoms with van der Waals surface area (Å²) in [5.74, 6) is -2.42. The molecule has 1 rings (SSSR count). The highest BCUT2D eigenvalue weighted by Gasteiger charge is 2.26. The summed E-state index contributed by atoms with van der Waals surface area (Å²) in [6.07, 6.45) is 5.18. The van der Waals surface area contributed by atoms with Gasteiger partial charge in [0.05, 0.1) is 18.9 Å². The molecule has 0 aromatic carbocycles. The number of H-pyrrole nitrogens is 1. The molecule has 3 atom stereocenters. The monoisotopic (exact) mass is 442 g/mol. The Balaban J connectivity index is 2.70. The number of carboxylic acid groups (broad SMARTS) is 1. The van der Waals surface area contributed by atoms with Gasteiger partial charge in [0.2, 0.25) is 17.7 Å². The fourth-order valence-corrected chi connectivity index (χ4v) is 2.90. The molecule has 7 N–H and O–H groups in total. The van der Waals surface area contributed by atoms with E-state index in [1.807, 2.05) is 6.26 Å². The molecule has 0 saturated heterocycles. The van der Waals surface area contributed by atoms with Crippen molar-refractivity contribution in [3.05, 3.63) is 18.2 Å². The first-order valence-corrected chi connectivity index (χ1v) is 10.9. The number of hydrogen-bond acceptors (Lipinski definition) is 7. The molecule has 0 fully saturated rings.